The number of nitrogens with one attached hydrogen (secondary N) is 3. The summed E-state index contributed by atoms with van der Waals surface area (Å²) >= 11 is 0. The molecule has 1 rings (SSSR count). The van der Waals surface area contributed by atoms with Gasteiger partial charge in [-0.2, -0.15) is 0 Å². The van der Waals surface area contributed by atoms with Crippen LogP contribution in [0.2, 0.25) is 0 Å². The van der Waals surface area contributed by atoms with Gasteiger partial charge in [0.15, 0.2) is 5.75 Å². The molecule has 0 saturated heterocycles. The van der Waals surface area contributed by atoms with E-state index in [1.54, 1.807) is 12.1 Å². The summed E-state index contributed by atoms with van der Waals surface area (Å²) in [7, 11) is 1.41. The quantitative estimate of drug-likeness (QED) is 0.121. The Balaban J connectivity index is 0.00000676. The molecule has 0 heterocycles. The Labute approximate surface area is 165 Å². The molecule has 0 fully saturated rings. The highest BCUT2D eigenvalue weighted by Gasteiger charge is 2.16. The highest BCUT2D eigenvalue weighted by molar-refractivity contribution is 5.48. The Morgan fingerprint density at radius 1 is 1.11 bits per heavy atom. The number of rotatable bonds is 15. The van der Waals surface area contributed by atoms with Gasteiger partial charge in [0.1, 0.15) is 0 Å². The Morgan fingerprint density at radius 2 is 1.70 bits per heavy atom. The average Bonchev–Trinajstić information content (AvgIpc) is 2.65. The number of nitrogens with zero attached hydrogens (tertiary/aromatic N) is 1. The molecular weight excluding hydrogens is 376 g/mol. The van der Waals surface area contributed by atoms with Crippen molar-refractivity contribution in [1.29, 1.82) is 0 Å². The summed E-state index contributed by atoms with van der Waals surface area (Å²) < 4.78 is 5.02. The summed E-state index contributed by atoms with van der Waals surface area (Å²) in [5.74, 6) is 0.253. The standard InChI is InChI=1S/C17H26N4O5.ClH/c1-26-17-5-4-15(12-16(17)21(24)25)6-11-20(9-2-7-18-13-22)10-3-8-19-14-23;/h4-5,12-14H,2-3,6-11H2,1H3,(H,18,22)(H,19,23);1H. The van der Waals surface area contributed by atoms with Crippen LogP contribution in [0.5, 0.6) is 5.75 Å². The molecule has 0 saturated carbocycles. The molecule has 0 radical (unpaired) electrons. The van der Waals surface area contributed by atoms with Gasteiger partial charge in [0.25, 0.3) is 0 Å². The van der Waals surface area contributed by atoms with Gasteiger partial charge in [-0.1, -0.05) is 6.07 Å². The first kappa shape index (κ1) is 24.6. The first-order valence-corrected chi connectivity index (χ1v) is 8.61. The summed E-state index contributed by atoms with van der Waals surface area (Å²) in [6.45, 7) is 3.80. The fourth-order valence-corrected chi connectivity index (χ4v) is 2.73. The second kappa shape index (κ2) is 14.7. The predicted octanol–water partition coefficient (Wildman–Crippen LogP) is -3.69. The van der Waals surface area contributed by atoms with Crippen molar-refractivity contribution in [3.05, 3.63) is 33.9 Å². The second-order valence-corrected chi connectivity index (χ2v) is 5.86. The van der Waals surface area contributed by atoms with E-state index in [-0.39, 0.29) is 23.8 Å². The zero-order chi connectivity index (χ0) is 19.2. The summed E-state index contributed by atoms with van der Waals surface area (Å²) in [6, 6.07) is 5.01. The molecule has 0 aliphatic carbocycles. The van der Waals surface area contributed by atoms with Gasteiger partial charge >= 0.3 is 5.69 Å². The highest BCUT2D eigenvalue weighted by Crippen LogP contribution is 2.27. The molecule has 3 N–H and O–H groups in total. The lowest BCUT2D eigenvalue weighted by molar-refractivity contribution is -0.900. The Hall–Kier alpha value is -2.39. The number of ether oxygens (including phenoxy) is 1. The maximum Gasteiger partial charge on any atom is 0.311 e. The third-order valence-corrected chi connectivity index (χ3v) is 4.08. The van der Waals surface area contributed by atoms with Crippen molar-refractivity contribution in [3.8, 4) is 5.75 Å². The first-order valence-electron chi connectivity index (χ1n) is 8.61. The van der Waals surface area contributed by atoms with E-state index in [9.17, 15) is 19.7 Å². The highest BCUT2D eigenvalue weighted by atomic mass is 35.5. The van der Waals surface area contributed by atoms with Crippen molar-refractivity contribution in [2.75, 3.05) is 39.8 Å². The number of benzene rings is 1. The zero-order valence-corrected chi connectivity index (χ0v) is 16.2. The topological polar surface area (TPSA) is 115 Å². The Bertz CT molecular complexity index is 572. The third-order valence-electron chi connectivity index (χ3n) is 4.08. The van der Waals surface area contributed by atoms with Crippen molar-refractivity contribution < 1.29 is 36.6 Å². The monoisotopic (exact) mass is 402 g/mol. The molecule has 0 aliphatic heterocycles. The van der Waals surface area contributed by atoms with E-state index in [0.717, 1.165) is 38.0 Å². The van der Waals surface area contributed by atoms with Gasteiger partial charge in [-0.3, -0.25) is 19.7 Å². The maximum atomic E-state index is 11.1. The minimum absolute atomic E-state index is 0. The molecule has 10 heteroatoms. The van der Waals surface area contributed by atoms with Gasteiger partial charge in [-0.15, -0.1) is 0 Å². The van der Waals surface area contributed by atoms with Crippen molar-refractivity contribution in [2.24, 2.45) is 0 Å². The van der Waals surface area contributed by atoms with Crippen LogP contribution in [-0.4, -0.2) is 57.6 Å². The molecule has 9 nitrogen and oxygen atoms in total. The number of nitro groups is 1. The first-order chi connectivity index (χ1) is 12.6. The molecule has 0 atom stereocenters. The van der Waals surface area contributed by atoms with Crippen LogP contribution < -0.4 is 32.7 Å². The second-order valence-electron chi connectivity index (χ2n) is 5.86. The summed E-state index contributed by atoms with van der Waals surface area (Å²) in [5.41, 5.74) is 0.851. The van der Waals surface area contributed by atoms with Crippen LogP contribution in [0.3, 0.4) is 0 Å². The molecule has 1 aromatic rings. The third kappa shape index (κ3) is 9.76. The minimum atomic E-state index is -0.441. The molecule has 2 amide bonds. The zero-order valence-electron chi connectivity index (χ0n) is 15.4. The molecule has 0 aromatic heterocycles. The van der Waals surface area contributed by atoms with Crippen LogP contribution in [0.4, 0.5) is 5.69 Å². The van der Waals surface area contributed by atoms with E-state index in [2.05, 4.69) is 10.6 Å². The molecule has 152 valence electrons. The molecule has 0 aliphatic rings. The summed E-state index contributed by atoms with van der Waals surface area (Å²) in [5, 5.41) is 16.4. The minimum Gasteiger partial charge on any atom is -1.00 e. The van der Waals surface area contributed by atoms with E-state index in [1.165, 1.54) is 12.0 Å². The predicted molar refractivity (Wildman–Crippen MR) is 96.3 cm³/mol. The van der Waals surface area contributed by atoms with Crippen LogP contribution in [0.25, 0.3) is 0 Å². The van der Waals surface area contributed by atoms with E-state index in [4.69, 9.17) is 4.74 Å². The number of quaternary nitrogens is 1. The van der Waals surface area contributed by atoms with E-state index >= 15 is 0 Å². The lowest BCUT2D eigenvalue weighted by Crippen LogP contribution is -3.12. The number of carbonyl (C=O) groups excluding carboxylic acids is 2. The molecule has 1 aromatic carbocycles. The number of hydrogen-bond acceptors (Lipinski definition) is 5. The maximum absolute atomic E-state index is 11.1. The van der Waals surface area contributed by atoms with Crippen molar-refractivity contribution in [1.82, 2.24) is 10.6 Å². The normalized spacial score (nSPS) is 10.0. The summed E-state index contributed by atoms with van der Waals surface area (Å²) in [6.07, 6.45) is 3.76. The molecule has 0 spiro atoms. The van der Waals surface area contributed by atoms with Crippen LogP contribution in [-0.2, 0) is 16.0 Å². The van der Waals surface area contributed by atoms with Crippen molar-refractivity contribution in [2.45, 2.75) is 19.3 Å². The lowest BCUT2D eigenvalue weighted by atomic mass is 10.1. The van der Waals surface area contributed by atoms with E-state index in [1.807, 2.05) is 6.07 Å². The molecule has 0 unspecified atom stereocenters. The van der Waals surface area contributed by atoms with Gasteiger partial charge < -0.3 is 32.7 Å². The lowest BCUT2D eigenvalue weighted by Gasteiger charge is -2.19. The van der Waals surface area contributed by atoms with Crippen LogP contribution in [0.1, 0.15) is 18.4 Å². The van der Waals surface area contributed by atoms with Gasteiger partial charge in [-0.25, -0.2) is 0 Å². The van der Waals surface area contributed by atoms with Crippen LogP contribution in [0.15, 0.2) is 18.2 Å². The van der Waals surface area contributed by atoms with Crippen LogP contribution >= 0.6 is 0 Å². The van der Waals surface area contributed by atoms with Crippen molar-refractivity contribution >= 4 is 18.5 Å². The number of amides is 2. The van der Waals surface area contributed by atoms with Crippen LogP contribution in [0, 0.1) is 10.1 Å². The summed E-state index contributed by atoms with van der Waals surface area (Å²) in [4.78, 5) is 32.6. The molecule has 27 heavy (non-hydrogen) atoms. The molecular formula is C17H27ClN4O5. The Morgan fingerprint density at radius 3 is 2.19 bits per heavy atom. The Kier molecular flexibility index (Phi) is 13.4. The van der Waals surface area contributed by atoms with E-state index in [0.29, 0.717) is 32.3 Å². The largest absolute Gasteiger partial charge is 1.00 e. The van der Waals surface area contributed by atoms with Gasteiger partial charge in [0.2, 0.25) is 12.8 Å². The fourth-order valence-electron chi connectivity index (χ4n) is 2.73. The van der Waals surface area contributed by atoms with Gasteiger partial charge in [0.05, 0.1) is 31.7 Å². The van der Waals surface area contributed by atoms with Crippen molar-refractivity contribution in [3.63, 3.8) is 0 Å². The average molecular weight is 403 g/mol. The number of hydrogen-bond donors (Lipinski definition) is 3. The number of methoxy groups -OCH3 is 1. The molecule has 0 bridgehead atoms. The number of carbonyl (C=O) groups is 2. The van der Waals surface area contributed by atoms with E-state index < -0.39 is 4.92 Å². The fraction of sp³-hybridized carbons (Fsp3) is 0.529. The SMILES string of the molecule is COc1ccc(CC[NH+](CCCNC=O)CCCNC=O)cc1[N+](=O)[O-].[Cl-]. The smallest absolute Gasteiger partial charge is 0.311 e. The van der Waals surface area contributed by atoms with Gasteiger partial charge in [0, 0.05) is 38.4 Å². The number of nitro benzene ring substituents is 1. The van der Waals surface area contributed by atoms with Gasteiger partial charge in [-0.05, 0) is 11.6 Å². The number of halogens is 1.